The minimum atomic E-state index is -0.846. The third kappa shape index (κ3) is 6.59. The van der Waals surface area contributed by atoms with E-state index in [0.717, 1.165) is 49.2 Å². The fraction of sp³-hybridized carbons (Fsp3) is 0.467. The maximum absolute atomic E-state index is 13.4. The van der Waals surface area contributed by atoms with Crippen LogP contribution in [0.4, 0.5) is 8.78 Å². The minimum absolute atomic E-state index is 0.0656. The third-order valence-corrected chi connectivity index (χ3v) is 8.04. The highest BCUT2D eigenvalue weighted by molar-refractivity contribution is 5.91. The highest BCUT2D eigenvalue weighted by Gasteiger charge is 2.35. The highest BCUT2D eigenvalue weighted by atomic mass is 19.1. The molecule has 0 radical (unpaired) electrons. The monoisotopic (exact) mass is 525 g/mol. The van der Waals surface area contributed by atoms with E-state index < -0.39 is 23.6 Å². The van der Waals surface area contributed by atoms with E-state index in [0.29, 0.717) is 31.8 Å². The molecule has 1 atom stereocenters. The van der Waals surface area contributed by atoms with Gasteiger partial charge in [0.1, 0.15) is 17.7 Å². The zero-order valence-corrected chi connectivity index (χ0v) is 22.1. The van der Waals surface area contributed by atoms with Crippen molar-refractivity contribution in [2.75, 3.05) is 13.1 Å². The second-order valence-corrected chi connectivity index (χ2v) is 10.4. The zero-order valence-electron chi connectivity index (χ0n) is 22.1. The Bertz CT molecular complexity index is 1270. The molecule has 8 heteroatoms. The molecule has 2 aliphatic rings. The Morgan fingerprint density at radius 3 is 2.26 bits per heavy atom. The predicted molar refractivity (Wildman–Crippen MR) is 145 cm³/mol. The Hall–Kier alpha value is -3.26. The second kappa shape index (κ2) is 12.5. The first-order valence-corrected chi connectivity index (χ1v) is 13.5. The SMILES string of the molecule is C/C=c1/c(C2CCC(NC(C(=O)O)C3CCN(C(=O)/C=C/c4cc(F)cc(F)c4)CC3)CC2)c[nH]/c1=C/C. The molecule has 0 bridgehead atoms. The van der Waals surface area contributed by atoms with Gasteiger partial charge in [0.2, 0.25) is 5.91 Å². The molecule has 204 valence electrons. The summed E-state index contributed by atoms with van der Waals surface area (Å²) in [5, 5.41) is 15.8. The summed E-state index contributed by atoms with van der Waals surface area (Å²) in [6, 6.07) is 2.62. The van der Waals surface area contributed by atoms with Gasteiger partial charge in [0.15, 0.2) is 0 Å². The van der Waals surface area contributed by atoms with E-state index in [2.05, 4.69) is 35.6 Å². The van der Waals surface area contributed by atoms with E-state index in [9.17, 15) is 23.5 Å². The summed E-state index contributed by atoms with van der Waals surface area (Å²) < 4.78 is 26.7. The number of carbonyl (C=O) groups is 2. The van der Waals surface area contributed by atoms with E-state index in [-0.39, 0.29) is 23.4 Å². The van der Waals surface area contributed by atoms with E-state index in [1.165, 1.54) is 22.9 Å². The lowest BCUT2D eigenvalue weighted by Crippen LogP contribution is -2.52. The van der Waals surface area contributed by atoms with Gasteiger partial charge in [-0.15, -0.1) is 0 Å². The number of rotatable bonds is 7. The maximum atomic E-state index is 13.4. The summed E-state index contributed by atoms with van der Waals surface area (Å²) in [5.74, 6) is -2.08. The molecule has 1 saturated heterocycles. The van der Waals surface area contributed by atoms with Gasteiger partial charge in [-0.1, -0.05) is 12.2 Å². The second-order valence-electron chi connectivity index (χ2n) is 10.4. The zero-order chi connectivity index (χ0) is 27.2. The van der Waals surface area contributed by atoms with Crippen LogP contribution in [0.2, 0.25) is 0 Å². The average Bonchev–Trinajstić information content (AvgIpc) is 3.33. The van der Waals surface area contributed by atoms with Gasteiger partial charge < -0.3 is 20.3 Å². The standard InChI is InChI=1S/C30H37F2N3O3/c1-3-25-26(18-33-27(25)4-2)20-6-8-24(9-7-20)34-29(30(37)38)21-11-13-35(14-12-21)28(36)10-5-19-15-22(31)17-23(32)16-19/h3-5,10,15-18,20-21,24,29,33-34H,6-9,11-14H2,1-2H3,(H,37,38)/b10-5+,25-3-,27-4+. The van der Waals surface area contributed by atoms with Crippen molar-refractivity contribution in [3.05, 3.63) is 63.8 Å². The van der Waals surface area contributed by atoms with Crippen molar-refractivity contribution in [3.63, 3.8) is 0 Å². The minimum Gasteiger partial charge on any atom is -0.480 e. The molecule has 2 fully saturated rings. The lowest BCUT2D eigenvalue weighted by molar-refractivity contribution is -0.142. The van der Waals surface area contributed by atoms with E-state index in [4.69, 9.17) is 0 Å². The number of aliphatic carboxylic acids is 1. The summed E-state index contributed by atoms with van der Waals surface area (Å²) in [6.45, 7) is 4.99. The number of amides is 1. The summed E-state index contributed by atoms with van der Waals surface area (Å²) in [7, 11) is 0. The number of piperidine rings is 1. The molecule has 3 N–H and O–H groups in total. The normalized spacial score (nSPS) is 22.8. The molecule has 1 aliphatic carbocycles. The van der Waals surface area contributed by atoms with Crippen LogP contribution in [0.1, 0.15) is 69.4 Å². The number of nitrogens with one attached hydrogen (secondary N) is 2. The van der Waals surface area contributed by atoms with Crippen molar-refractivity contribution in [3.8, 4) is 0 Å². The van der Waals surface area contributed by atoms with Gasteiger partial charge in [-0.3, -0.25) is 9.59 Å². The Balaban J connectivity index is 1.29. The number of carboxylic acids is 1. The first kappa shape index (κ1) is 27.8. The molecule has 1 aromatic carbocycles. The lowest BCUT2D eigenvalue weighted by Gasteiger charge is -2.37. The third-order valence-electron chi connectivity index (χ3n) is 8.04. The van der Waals surface area contributed by atoms with Crippen molar-refractivity contribution < 1.29 is 23.5 Å². The van der Waals surface area contributed by atoms with Crippen LogP contribution in [0.5, 0.6) is 0 Å². The van der Waals surface area contributed by atoms with Gasteiger partial charge in [-0.2, -0.15) is 0 Å². The van der Waals surface area contributed by atoms with Crippen molar-refractivity contribution >= 4 is 30.1 Å². The van der Waals surface area contributed by atoms with Crippen molar-refractivity contribution in [1.29, 1.82) is 0 Å². The number of H-pyrrole nitrogens is 1. The molecule has 2 aromatic rings. The van der Waals surface area contributed by atoms with Crippen LogP contribution in [0, 0.1) is 17.6 Å². The van der Waals surface area contributed by atoms with E-state index in [1.807, 2.05) is 6.92 Å². The Morgan fingerprint density at radius 2 is 1.68 bits per heavy atom. The number of carbonyl (C=O) groups excluding carboxylic acids is 1. The molecular weight excluding hydrogens is 488 g/mol. The molecule has 1 saturated carbocycles. The smallest absolute Gasteiger partial charge is 0.320 e. The summed E-state index contributed by atoms with van der Waals surface area (Å²) in [4.78, 5) is 29.8. The number of benzene rings is 1. The van der Waals surface area contributed by atoms with Gasteiger partial charge >= 0.3 is 5.97 Å². The van der Waals surface area contributed by atoms with Crippen LogP contribution < -0.4 is 15.9 Å². The van der Waals surface area contributed by atoms with E-state index >= 15 is 0 Å². The van der Waals surface area contributed by atoms with Crippen molar-refractivity contribution in [2.45, 2.75) is 70.4 Å². The van der Waals surface area contributed by atoms with Gasteiger partial charge in [0, 0.05) is 42.8 Å². The van der Waals surface area contributed by atoms with Gasteiger partial charge in [0.25, 0.3) is 0 Å². The van der Waals surface area contributed by atoms with Crippen LogP contribution in [0.15, 0.2) is 30.5 Å². The van der Waals surface area contributed by atoms with Gasteiger partial charge in [-0.25, -0.2) is 8.78 Å². The quantitative estimate of drug-likeness (QED) is 0.479. The molecule has 1 amide bonds. The molecule has 4 rings (SSSR count). The van der Waals surface area contributed by atoms with Crippen LogP contribution in [-0.2, 0) is 9.59 Å². The predicted octanol–water partition coefficient (Wildman–Crippen LogP) is 3.91. The number of hydrogen-bond acceptors (Lipinski definition) is 3. The van der Waals surface area contributed by atoms with Crippen molar-refractivity contribution in [2.24, 2.45) is 5.92 Å². The number of likely N-dealkylation sites (tertiary alicyclic amines) is 1. The average molecular weight is 526 g/mol. The number of hydrogen-bond donors (Lipinski definition) is 3. The van der Waals surface area contributed by atoms with E-state index in [1.54, 1.807) is 4.90 Å². The maximum Gasteiger partial charge on any atom is 0.320 e. The first-order valence-electron chi connectivity index (χ1n) is 13.5. The van der Waals surface area contributed by atoms with Crippen LogP contribution in [-0.4, -0.2) is 52.0 Å². The molecule has 1 unspecified atom stereocenters. The molecular formula is C30H37F2N3O3. The Kier molecular flexibility index (Phi) is 9.15. The number of carboxylic acid groups (broad SMARTS) is 1. The summed E-state index contributed by atoms with van der Waals surface area (Å²) in [5.41, 5.74) is 1.63. The summed E-state index contributed by atoms with van der Waals surface area (Å²) in [6.07, 6.45) is 14.1. The molecule has 1 aromatic heterocycles. The lowest BCUT2D eigenvalue weighted by atomic mass is 9.81. The number of aromatic nitrogens is 1. The molecule has 0 spiro atoms. The fourth-order valence-corrected chi connectivity index (χ4v) is 6.00. The Morgan fingerprint density at radius 1 is 1.03 bits per heavy atom. The number of halogens is 2. The number of aromatic amines is 1. The molecule has 2 heterocycles. The van der Waals surface area contributed by atoms with Crippen molar-refractivity contribution in [1.82, 2.24) is 15.2 Å². The Labute approximate surface area is 222 Å². The van der Waals surface area contributed by atoms with Crippen LogP contribution in [0.3, 0.4) is 0 Å². The van der Waals surface area contributed by atoms with Gasteiger partial charge in [-0.05, 0) is 98.8 Å². The van der Waals surface area contributed by atoms with Crippen LogP contribution >= 0.6 is 0 Å². The topological polar surface area (TPSA) is 85.4 Å². The molecule has 1 aliphatic heterocycles. The van der Waals surface area contributed by atoms with Crippen LogP contribution in [0.25, 0.3) is 18.2 Å². The molecule has 6 nitrogen and oxygen atoms in total. The summed E-state index contributed by atoms with van der Waals surface area (Å²) >= 11 is 0. The fourth-order valence-electron chi connectivity index (χ4n) is 6.00. The number of nitrogens with zero attached hydrogens (tertiary/aromatic N) is 1. The molecule has 38 heavy (non-hydrogen) atoms. The van der Waals surface area contributed by atoms with Gasteiger partial charge in [0.05, 0.1) is 0 Å². The first-order chi connectivity index (χ1) is 18.3. The highest BCUT2D eigenvalue weighted by Crippen LogP contribution is 2.32. The largest absolute Gasteiger partial charge is 0.480 e.